The van der Waals surface area contributed by atoms with Crippen LogP contribution in [0.1, 0.15) is 62.2 Å². The molecule has 3 heterocycles. The van der Waals surface area contributed by atoms with Crippen LogP contribution in [0.15, 0.2) is 52.1 Å². The van der Waals surface area contributed by atoms with Crippen molar-refractivity contribution in [3.8, 4) is 0 Å². The van der Waals surface area contributed by atoms with Gasteiger partial charge in [-0.1, -0.05) is 31.0 Å². The van der Waals surface area contributed by atoms with Gasteiger partial charge < -0.3 is 19.5 Å². The second-order valence-corrected chi connectivity index (χ2v) is 9.30. The van der Waals surface area contributed by atoms with Crippen LogP contribution < -0.4 is 10.2 Å². The number of carbonyl (C=O) groups is 1. The minimum absolute atomic E-state index is 0.316. The zero-order valence-corrected chi connectivity index (χ0v) is 18.8. The Bertz CT molecular complexity index is 933. The molecule has 1 unspecified atom stereocenters. The SMILES string of the molecule is O=C1CCCN1CCC1CN(C(=NCCc2ccco2)NC2CCCC2)c2ccccc21. The summed E-state index contributed by atoms with van der Waals surface area (Å²) in [4.78, 5) is 21.5. The molecule has 0 radical (unpaired) electrons. The van der Waals surface area contributed by atoms with Crippen LogP contribution in [0.3, 0.4) is 0 Å². The van der Waals surface area contributed by atoms with Gasteiger partial charge in [0.25, 0.3) is 0 Å². The summed E-state index contributed by atoms with van der Waals surface area (Å²) in [6.45, 7) is 3.39. The number of guanidine groups is 1. The van der Waals surface area contributed by atoms with Crippen LogP contribution in [0.25, 0.3) is 0 Å². The lowest BCUT2D eigenvalue weighted by Crippen LogP contribution is -2.45. The Morgan fingerprint density at radius 1 is 1.12 bits per heavy atom. The summed E-state index contributed by atoms with van der Waals surface area (Å²) in [5, 5.41) is 3.78. The number of nitrogens with one attached hydrogen (secondary N) is 1. The Kier molecular flexibility index (Phi) is 6.46. The van der Waals surface area contributed by atoms with Gasteiger partial charge in [0.05, 0.1) is 6.26 Å². The predicted octanol–water partition coefficient (Wildman–Crippen LogP) is 4.33. The van der Waals surface area contributed by atoms with Gasteiger partial charge in [-0.2, -0.15) is 0 Å². The third-order valence-electron chi connectivity index (χ3n) is 7.13. The summed E-state index contributed by atoms with van der Waals surface area (Å²) >= 11 is 0. The van der Waals surface area contributed by atoms with Crippen molar-refractivity contribution < 1.29 is 9.21 Å². The van der Waals surface area contributed by atoms with E-state index in [0.29, 0.717) is 30.8 Å². The average molecular weight is 435 g/mol. The van der Waals surface area contributed by atoms with E-state index >= 15 is 0 Å². The molecule has 2 aliphatic heterocycles. The number of furan rings is 1. The molecule has 1 N–H and O–H groups in total. The van der Waals surface area contributed by atoms with E-state index in [9.17, 15) is 4.79 Å². The Morgan fingerprint density at radius 3 is 2.78 bits per heavy atom. The van der Waals surface area contributed by atoms with Crippen molar-refractivity contribution in [1.82, 2.24) is 10.2 Å². The number of hydrogen-bond acceptors (Lipinski definition) is 3. The third-order valence-corrected chi connectivity index (χ3v) is 7.13. The summed E-state index contributed by atoms with van der Waals surface area (Å²) in [6, 6.07) is 13.2. The van der Waals surface area contributed by atoms with Crippen LogP contribution in [0.5, 0.6) is 0 Å². The number of para-hydroxylation sites is 1. The van der Waals surface area contributed by atoms with Crippen molar-refractivity contribution in [3.05, 3.63) is 54.0 Å². The maximum absolute atomic E-state index is 12.1. The molecule has 1 aliphatic carbocycles. The van der Waals surface area contributed by atoms with E-state index in [1.165, 1.54) is 36.9 Å². The number of aliphatic imine (C=N–C) groups is 1. The van der Waals surface area contributed by atoms with Crippen molar-refractivity contribution >= 4 is 17.6 Å². The van der Waals surface area contributed by atoms with Crippen LogP contribution in [-0.4, -0.2) is 49.0 Å². The molecule has 32 heavy (non-hydrogen) atoms. The highest BCUT2D eigenvalue weighted by Gasteiger charge is 2.33. The molecule has 1 aromatic heterocycles. The minimum Gasteiger partial charge on any atom is -0.469 e. The van der Waals surface area contributed by atoms with Gasteiger partial charge in [-0.15, -0.1) is 0 Å². The second kappa shape index (κ2) is 9.80. The Hall–Kier alpha value is -2.76. The molecule has 6 heteroatoms. The standard InChI is InChI=1S/C26H34N4O2/c31-25-12-5-16-29(25)17-14-20-19-30(24-11-4-3-10-23(20)24)26(28-21-7-1-2-8-21)27-15-13-22-9-6-18-32-22/h3-4,6,9-11,18,20-21H,1-2,5,7-8,12-17,19H2,(H,27,28). The maximum Gasteiger partial charge on any atom is 0.222 e. The topological polar surface area (TPSA) is 61.1 Å². The summed E-state index contributed by atoms with van der Waals surface area (Å²) in [5.74, 6) is 2.70. The summed E-state index contributed by atoms with van der Waals surface area (Å²) < 4.78 is 5.50. The number of anilines is 1. The number of benzene rings is 1. The first-order valence-electron chi connectivity index (χ1n) is 12.3. The first-order chi connectivity index (χ1) is 15.8. The number of nitrogens with zero attached hydrogens (tertiary/aromatic N) is 3. The van der Waals surface area contributed by atoms with E-state index in [1.807, 2.05) is 17.0 Å². The molecule has 0 bridgehead atoms. The van der Waals surface area contributed by atoms with E-state index < -0.39 is 0 Å². The lowest BCUT2D eigenvalue weighted by molar-refractivity contribution is -0.127. The van der Waals surface area contributed by atoms with Crippen molar-refractivity contribution in [2.45, 2.75) is 63.3 Å². The Balaban J connectivity index is 1.33. The van der Waals surface area contributed by atoms with E-state index in [0.717, 1.165) is 50.6 Å². The van der Waals surface area contributed by atoms with Gasteiger partial charge in [0, 0.05) is 56.7 Å². The van der Waals surface area contributed by atoms with E-state index in [1.54, 1.807) is 6.26 Å². The molecule has 0 spiro atoms. The zero-order chi connectivity index (χ0) is 21.8. The fourth-order valence-corrected chi connectivity index (χ4v) is 5.38. The molecule has 5 rings (SSSR count). The summed E-state index contributed by atoms with van der Waals surface area (Å²) in [6.07, 6.45) is 10.3. The third kappa shape index (κ3) is 4.69. The summed E-state index contributed by atoms with van der Waals surface area (Å²) in [5.41, 5.74) is 2.64. The lowest BCUT2D eigenvalue weighted by atomic mass is 9.98. The van der Waals surface area contributed by atoms with Gasteiger partial charge in [-0.3, -0.25) is 9.79 Å². The lowest BCUT2D eigenvalue weighted by Gasteiger charge is -2.26. The number of hydrogen-bond donors (Lipinski definition) is 1. The van der Waals surface area contributed by atoms with Crippen LogP contribution in [0, 0.1) is 0 Å². The Labute approximate surface area is 190 Å². The van der Waals surface area contributed by atoms with Gasteiger partial charge in [0.15, 0.2) is 5.96 Å². The first kappa shape index (κ1) is 21.1. The molecule has 1 saturated carbocycles. The monoisotopic (exact) mass is 434 g/mol. The smallest absolute Gasteiger partial charge is 0.222 e. The average Bonchev–Trinajstić information content (AvgIpc) is 3.60. The number of rotatable bonds is 7. The number of fused-ring (bicyclic) bond motifs is 1. The molecular weight excluding hydrogens is 400 g/mol. The van der Waals surface area contributed by atoms with Crippen LogP contribution in [-0.2, 0) is 11.2 Å². The fourth-order valence-electron chi connectivity index (χ4n) is 5.38. The largest absolute Gasteiger partial charge is 0.469 e. The van der Waals surface area contributed by atoms with E-state index in [-0.39, 0.29) is 0 Å². The second-order valence-electron chi connectivity index (χ2n) is 9.30. The van der Waals surface area contributed by atoms with E-state index in [2.05, 4.69) is 34.5 Å². The molecule has 1 saturated heterocycles. The normalized spacial score (nSPS) is 21.6. The van der Waals surface area contributed by atoms with Gasteiger partial charge in [-0.25, -0.2) is 0 Å². The molecule has 1 aromatic carbocycles. The maximum atomic E-state index is 12.1. The minimum atomic E-state index is 0.316. The highest BCUT2D eigenvalue weighted by Crippen LogP contribution is 2.38. The van der Waals surface area contributed by atoms with Crippen LogP contribution in [0.2, 0.25) is 0 Å². The molecule has 2 fully saturated rings. The molecule has 170 valence electrons. The van der Waals surface area contributed by atoms with Gasteiger partial charge >= 0.3 is 0 Å². The molecule has 2 aromatic rings. The molecule has 3 aliphatic rings. The summed E-state index contributed by atoms with van der Waals surface area (Å²) in [7, 11) is 0. The quantitative estimate of drug-likeness (QED) is 0.521. The Morgan fingerprint density at radius 2 is 2.00 bits per heavy atom. The highest BCUT2D eigenvalue weighted by molar-refractivity contribution is 5.98. The fraction of sp³-hybridized carbons (Fsp3) is 0.538. The van der Waals surface area contributed by atoms with Gasteiger partial charge in [-0.05, 0) is 49.4 Å². The number of likely N-dealkylation sites (tertiary alicyclic amines) is 1. The van der Waals surface area contributed by atoms with Crippen molar-refractivity contribution in [2.75, 3.05) is 31.1 Å². The number of carbonyl (C=O) groups excluding carboxylic acids is 1. The van der Waals surface area contributed by atoms with Gasteiger partial charge in [0.1, 0.15) is 5.76 Å². The zero-order valence-electron chi connectivity index (χ0n) is 18.8. The van der Waals surface area contributed by atoms with Gasteiger partial charge in [0.2, 0.25) is 5.91 Å². The van der Waals surface area contributed by atoms with Crippen molar-refractivity contribution in [2.24, 2.45) is 4.99 Å². The molecule has 6 nitrogen and oxygen atoms in total. The van der Waals surface area contributed by atoms with Crippen molar-refractivity contribution in [1.29, 1.82) is 0 Å². The van der Waals surface area contributed by atoms with Crippen LogP contribution in [0.4, 0.5) is 5.69 Å². The van der Waals surface area contributed by atoms with Crippen molar-refractivity contribution in [3.63, 3.8) is 0 Å². The molecular formula is C26H34N4O2. The predicted molar refractivity (Wildman–Crippen MR) is 127 cm³/mol. The van der Waals surface area contributed by atoms with E-state index in [4.69, 9.17) is 9.41 Å². The van der Waals surface area contributed by atoms with Crippen LogP contribution >= 0.6 is 0 Å². The number of amides is 1. The molecule has 1 amide bonds. The highest BCUT2D eigenvalue weighted by atomic mass is 16.3. The first-order valence-corrected chi connectivity index (χ1v) is 12.3. The molecule has 1 atom stereocenters.